The number of para-hydroxylation sites is 1. The van der Waals surface area contributed by atoms with Crippen LogP contribution in [0.1, 0.15) is 25.0 Å². The smallest absolute Gasteiger partial charge is 0.253 e. The van der Waals surface area contributed by atoms with Crippen molar-refractivity contribution in [3.05, 3.63) is 35.4 Å². The molecule has 22 heavy (non-hydrogen) atoms. The average molecular weight is 300 g/mol. The van der Waals surface area contributed by atoms with Crippen LogP contribution in [0.5, 0.6) is 11.6 Å². The van der Waals surface area contributed by atoms with Crippen molar-refractivity contribution in [1.29, 1.82) is 5.26 Å². The number of nitrogen functional groups attached to an aromatic ring is 1. The maximum atomic E-state index is 9.26. The number of rotatable bonds is 6. The molecule has 6 heteroatoms. The van der Waals surface area contributed by atoms with Gasteiger partial charge in [-0.25, -0.2) is 4.68 Å². The lowest BCUT2D eigenvalue weighted by atomic mass is 10.2. The molecule has 2 aromatic rings. The molecule has 0 spiro atoms. The summed E-state index contributed by atoms with van der Waals surface area (Å²) in [6.45, 7) is 5.01. The average Bonchev–Trinajstić information content (AvgIpc) is 2.80. The van der Waals surface area contributed by atoms with Gasteiger partial charge in [0.05, 0.1) is 7.11 Å². The molecule has 0 fully saturated rings. The highest BCUT2D eigenvalue weighted by Gasteiger charge is 2.18. The predicted octanol–water partition coefficient (Wildman–Crippen LogP) is 2.58. The van der Waals surface area contributed by atoms with Crippen LogP contribution in [0, 0.1) is 17.2 Å². The molecular weight excluding hydrogens is 280 g/mol. The number of nitrogens with zero attached hydrogens (tertiary/aromatic N) is 3. The van der Waals surface area contributed by atoms with E-state index in [-0.39, 0.29) is 18.1 Å². The van der Waals surface area contributed by atoms with Gasteiger partial charge in [0.15, 0.2) is 5.56 Å². The predicted molar refractivity (Wildman–Crippen MR) is 83.5 cm³/mol. The Morgan fingerprint density at radius 1 is 1.36 bits per heavy atom. The van der Waals surface area contributed by atoms with E-state index in [0.717, 1.165) is 11.3 Å². The fraction of sp³-hybridized carbons (Fsp3) is 0.375. The second-order valence-electron chi connectivity index (χ2n) is 5.35. The van der Waals surface area contributed by atoms with Crippen LogP contribution in [0.25, 0.3) is 0 Å². The van der Waals surface area contributed by atoms with E-state index in [1.54, 1.807) is 11.8 Å². The van der Waals surface area contributed by atoms with Gasteiger partial charge < -0.3 is 15.2 Å². The summed E-state index contributed by atoms with van der Waals surface area (Å²) < 4.78 is 12.6. The second kappa shape index (κ2) is 6.85. The zero-order chi connectivity index (χ0) is 16.1. The SMILES string of the molecule is COc1ccccc1COc1nn(CC(C)C)c(N)c1C#N. The van der Waals surface area contributed by atoms with Gasteiger partial charge in [0.25, 0.3) is 5.88 Å². The number of aromatic nitrogens is 2. The van der Waals surface area contributed by atoms with Crippen LogP contribution in [-0.2, 0) is 13.2 Å². The Balaban J connectivity index is 2.21. The summed E-state index contributed by atoms with van der Waals surface area (Å²) in [6.07, 6.45) is 0. The summed E-state index contributed by atoms with van der Waals surface area (Å²) in [6, 6.07) is 9.60. The summed E-state index contributed by atoms with van der Waals surface area (Å²) in [5.41, 5.74) is 7.12. The molecule has 0 aliphatic heterocycles. The lowest BCUT2D eigenvalue weighted by Crippen LogP contribution is -2.09. The quantitative estimate of drug-likeness (QED) is 0.886. The maximum Gasteiger partial charge on any atom is 0.253 e. The molecule has 2 N–H and O–H groups in total. The van der Waals surface area contributed by atoms with E-state index in [1.807, 2.05) is 24.3 Å². The topological polar surface area (TPSA) is 86.1 Å². The Hall–Kier alpha value is -2.68. The molecule has 0 aliphatic rings. The molecule has 2 rings (SSSR count). The van der Waals surface area contributed by atoms with Gasteiger partial charge >= 0.3 is 0 Å². The molecule has 1 heterocycles. The Kier molecular flexibility index (Phi) is 4.89. The molecule has 0 radical (unpaired) electrons. The van der Waals surface area contributed by atoms with Gasteiger partial charge in [-0.3, -0.25) is 0 Å². The zero-order valence-corrected chi connectivity index (χ0v) is 13.0. The molecule has 0 atom stereocenters. The molecule has 0 amide bonds. The molecule has 6 nitrogen and oxygen atoms in total. The molecule has 0 unspecified atom stereocenters. The number of nitrogens with two attached hydrogens (primary N) is 1. The van der Waals surface area contributed by atoms with E-state index in [1.165, 1.54) is 0 Å². The summed E-state index contributed by atoms with van der Waals surface area (Å²) in [5.74, 6) is 1.70. The Morgan fingerprint density at radius 2 is 2.09 bits per heavy atom. The van der Waals surface area contributed by atoms with Crippen molar-refractivity contribution < 1.29 is 9.47 Å². The van der Waals surface area contributed by atoms with E-state index >= 15 is 0 Å². The lowest BCUT2D eigenvalue weighted by molar-refractivity contribution is 0.280. The van der Waals surface area contributed by atoms with E-state index in [0.29, 0.717) is 18.3 Å². The molecule has 0 saturated heterocycles. The van der Waals surface area contributed by atoms with Crippen LogP contribution in [0.3, 0.4) is 0 Å². The standard InChI is InChI=1S/C16H20N4O2/c1-11(2)9-20-15(18)13(8-17)16(19-20)22-10-12-6-4-5-7-14(12)21-3/h4-7,11H,9-10,18H2,1-3H3. The van der Waals surface area contributed by atoms with Gasteiger partial charge in [-0.1, -0.05) is 32.0 Å². The van der Waals surface area contributed by atoms with Crippen molar-refractivity contribution in [3.8, 4) is 17.7 Å². The monoisotopic (exact) mass is 300 g/mol. The molecule has 0 bridgehead atoms. The number of ether oxygens (including phenoxy) is 2. The number of benzene rings is 1. The highest BCUT2D eigenvalue weighted by Crippen LogP contribution is 2.26. The lowest BCUT2D eigenvalue weighted by Gasteiger charge is -2.08. The Bertz CT molecular complexity index is 686. The normalized spacial score (nSPS) is 10.5. The summed E-state index contributed by atoms with van der Waals surface area (Å²) in [4.78, 5) is 0. The van der Waals surface area contributed by atoms with Crippen molar-refractivity contribution in [1.82, 2.24) is 9.78 Å². The van der Waals surface area contributed by atoms with Crippen LogP contribution in [0.15, 0.2) is 24.3 Å². The first-order valence-corrected chi connectivity index (χ1v) is 7.07. The first-order valence-electron chi connectivity index (χ1n) is 7.07. The number of hydrogen-bond acceptors (Lipinski definition) is 5. The van der Waals surface area contributed by atoms with Crippen LogP contribution < -0.4 is 15.2 Å². The number of nitriles is 1. The fourth-order valence-electron chi connectivity index (χ4n) is 2.11. The molecule has 1 aromatic carbocycles. The number of anilines is 1. The summed E-state index contributed by atoms with van der Waals surface area (Å²) in [7, 11) is 1.61. The van der Waals surface area contributed by atoms with Crippen LogP contribution in [0.4, 0.5) is 5.82 Å². The first-order chi connectivity index (χ1) is 10.6. The van der Waals surface area contributed by atoms with Crippen molar-refractivity contribution >= 4 is 5.82 Å². The van der Waals surface area contributed by atoms with Crippen LogP contribution in [0.2, 0.25) is 0 Å². The van der Waals surface area contributed by atoms with Crippen molar-refractivity contribution in [3.63, 3.8) is 0 Å². The van der Waals surface area contributed by atoms with E-state index < -0.39 is 0 Å². The highest BCUT2D eigenvalue weighted by molar-refractivity contribution is 5.55. The van der Waals surface area contributed by atoms with E-state index in [2.05, 4.69) is 25.0 Å². The van der Waals surface area contributed by atoms with E-state index in [9.17, 15) is 5.26 Å². The molecular formula is C16H20N4O2. The summed E-state index contributed by atoms with van der Waals surface area (Å²) >= 11 is 0. The van der Waals surface area contributed by atoms with Crippen LogP contribution in [-0.4, -0.2) is 16.9 Å². The third-order valence-electron chi connectivity index (χ3n) is 3.17. The Morgan fingerprint density at radius 3 is 2.73 bits per heavy atom. The highest BCUT2D eigenvalue weighted by atomic mass is 16.5. The molecule has 0 saturated carbocycles. The van der Waals surface area contributed by atoms with Gasteiger partial charge in [0.1, 0.15) is 24.2 Å². The van der Waals surface area contributed by atoms with Crippen molar-refractivity contribution in [2.45, 2.75) is 27.0 Å². The largest absolute Gasteiger partial charge is 0.496 e. The van der Waals surface area contributed by atoms with E-state index in [4.69, 9.17) is 15.2 Å². The summed E-state index contributed by atoms with van der Waals surface area (Å²) in [5, 5.41) is 13.6. The first kappa shape index (κ1) is 15.7. The van der Waals surface area contributed by atoms with Gasteiger partial charge in [-0.2, -0.15) is 5.26 Å². The molecule has 116 valence electrons. The minimum absolute atomic E-state index is 0.256. The van der Waals surface area contributed by atoms with Crippen LogP contribution >= 0.6 is 0 Å². The third-order valence-corrected chi connectivity index (χ3v) is 3.17. The van der Waals surface area contributed by atoms with Gasteiger partial charge in [-0.05, 0) is 12.0 Å². The second-order valence-corrected chi connectivity index (χ2v) is 5.35. The zero-order valence-electron chi connectivity index (χ0n) is 13.0. The minimum Gasteiger partial charge on any atom is -0.496 e. The number of methoxy groups -OCH3 is 1. The Labute approximate surface area is 130 Å². The van der Waals surface area contributed by atoms with Gasteiger partial charge in [0, 0.05) is 12.1 Å². The molecule has 0 aliphatic carbocycles. The van der Waals surface area contributed by atoms with Crippen molar-refractivity contribution in [2.24, 2.45) is 5.92 Å². The van der Waals surface area contributed by atoms with Gasteiger partial charge in [-0.15, -0.1) is 5.10 Å². The number of hydrogen-bond donors (Lipinski definition) is 1. The minimum atomic E-state index is 0.256. The fourth-order valence-corrected chi connectivity index (χ4v) is 2.11. The van der Waals surface area contributed by atoms with Gasteiger partial charge in [0.2, 0.25) is 0 Å². The van der Waals surface area contributed by atoms with Crippen molar-refractivity contribution in [2.75, 3.05) is 12.8 Å². The third kappa shape index (κ3) is 3.31. The molecule has 1 aromatic heterocycles. The maximum absolute atomic E-state index is 9.26.